The lowest BCUT2D eigenvalue weighted by atomic mass is 10.1. The molecule has 2 atom stereocenters. The van der Waals surface area contributed by atoms with Crippen molar-refractivity contribution < 1.29 is 18.0 Å². The lowest BCUT2D eigenvalue weighted by molar-refractivity contribution is -0.140. The third kappa shape index (κ3) is 7.74. The van der Waals surface area contributed by atoms with Gasteiger partial charge in [0.1, 0.15) is 12.6 Å². The van der Waals surface area contributed by atoms with Crippen LogP contribution in [0.15, 0.2) is 42.5 Å². The fraction of sp³-hybridized carbons (Fsp3) is 0.417. The number of benzene rings is 2. The number of hydrogen-bond donors (Lipinski definition) is 1. The van der Waals surface area contributed by atoms with Gasteiger partial charge in [0, 0.05) is 28.2 Å². The van der Waals surface area contributed by atoms with Gasteiger partial charge in [-0.25, -0.2) is 8.42 Å². The van der Waals surface area contributed by atoms with Crippen LogP contribution in [0.25, 0.3) is 0 Å². The van der Waals surface area contributed by atoms with Crippen LogP contribution in [0, 0.1) is 0 Å². The fourth-order valence-corrected chi connectivity index (χ4v) is 5.13. The molecule has 2 amide bonds. The Hall–Kier alpha value is -2.00. The zero-order valence-electron chi connectivity index (χ0n) is 20.1. The van der Waals surface area contributed by atoms with Crippen molar-refractivity contribution in [3.8, 4) is 0 Å². The minimum atomic E-state index is -3.89. The van der Waals surface area contributed by atoms with E-state index in [0.29, 0.717) is 28.5 Å². The van der Waals surface area contributed by atoms with E-state index >= 15 is 0 Å². The molecule has 0 saturated carbocycles. The summed E-state index contributed by atoms with van der Waals surface area (Å²) in [4.78, 5) is 28.1. The Kier molecular flexibility index (Phi) is 10.7. The molecule has 0 spiro atoms. The summed E-state index contributed by atoms with van der Waals surface area (Å²) < 4.78 is 26.2. The number of carbonyl (C=O) groups excluding carboxylic acids is 2. The van der Waals surface area contributed by atoms with Gasteiger partial charge in [-0.2, -0.15) is 0 Å². The molecular formula is C24H30Cl3N3O4S. The van der Waals surface area contributed by atoms with Gasteiger partial charge in [0.05, 0.1) is 17.0 Å². The van der Waals surface area contributed by atoms with E-state index in [4.69, 9.17) is 34.8 Å². The molecule has 2 rings (SSSR count). The number of amides is 2. The molecule has 192 valence electrons. The second kappa shape index (κ2) is 12.8. The van der Waals surface area contributed by atoms with E-state index in [1.807, 2.05) is 13.8 Å². The van der Waals surface area contributed by atoms with Gasteiger partial charge in [-0.15, -0.1) is 0 Å². The Morgan fingerprint density at radius 3 is 2.03 bits per heavy atom. The summed E-state index contributed by atoms with van der Waals surface area (Å²) in [5.41, 5.74) is 0.625. The van der Waals surface area contributed by atoms with Crippen molar-refractivity contribution in [2.75, 3.05) is 17.1 Å². The first-order valence-corrected chi connectivity index (χ1v) is 14.1. The highest BCUT2D eigenvalue weighted by molar-refractivity contribution is 7.92. The fourth-order valence-electron chi connectivity index (χ4n) is 3.46. The van der Waals surface area contributed by atoms with E-state index in [9.17, 15) is 18.0 Å². The number of nitrogens with one attached hydrogen (secondary N) is 1. The molecule has 1 N–H and O–H groups in total. The molecule has 0 bridgehead atoms. The summed E-state index contributed by atoms with van der Waals surface area (Å²) in [5.74, 6) is -0.945. The summed E-state index contributed by atoms with van der Waals surface area (Å²) in [6, 6.07) is 10.3. The number of rotatable bonds is 11. The van der Waals surface area contributed by atoms with Crippen LogP contribution in [0.4, 0.5) is 5.69 Å². The molecule has 0 fully saturated rings. The van der Waals surface area contributed by atoms with Gasteiger partial charge >= 0.3 is 0 Å². The van der Waals surface area contributed by atoms with Gasteiger partial charge in [-0.3, -0.25) is 13.9 Å². The normalized spacial score (nSPS) is 13.1. The van der Waals surface area contributed by atoms with Gasteiger partial charge in [0.2, 0.25) is 21.8 Å². The predicted octanol–water partition coefficient (Wildman–Crippen LogP) is 5.13. The van der Waals surface area contributed by atoms with Crippen molar-refractivity contribution in [3.63, 3.8) is 0 Å². The van der Waals surface area contributed by atoms with Crippen molar-refractivity contribution in [1.29, 1.82) is 0 Å². The van der Waals surface area contributed by atoms with Crippen LogP contribution in [0.1, 0.15) is 39.2 Å². The highest BCUT2D eigenvalue weighted by Crippen LogP contribution is 2.29. The topological polar surface area (TPSA) is 86.8 Å². The molecule has 0 radical (unpaired) electrons. The number of para-hydroxylation sites is 1. The van der Waals surface area contributed by atoms with Gasteiger partial charge in [-0.1, -0.05) is 66.8 Å². The van der Waals surface area contributed by atoms with E-state index in [0.717, 1.165) is 10.6 Å². The van der Waals surface area contributed by atoms with Crippen LogP contribution in [0.2, 0.25) is 15.1 Å². The Morgan fingerprint density at radius 2 is 1.51 bits per heavy atom. The van der Waals surface area contributed by atoms with E-state index in [2.05, 4.69) is 5.32 Å². The zero-order chi connectivity index (χ0) is 26.3. The highest BCUT2D eigenvalue weighted by Gasteiger charge is 2.33. The second-order valence-corrected chi connectivity index (χ2v) is 11.3. The third-order valence-electron chi connectivity index (χ3n) is 5.58. The molecule has 2 aromatic carbocycles. The maximum Gasteiger partial charge on any atom is 0.244 e. The first-order chi connectivity index (χ1) is 16.4. The largest absolute Gasteiger partial charge is 0.352 e. The molecule has 0 aliphatic rings. The molecule has 11 heteroatoms. The van der Waals surface area contributed by atoms with E-state index in [1.165, 1.54) is 17.0 Å². The first-order valence-electron chi connectivity index (χ1n) is 11.2. The summed E-state index contributed by atoms with van der Waals surface area (Å²) in [5, 5.41) is 3.74. The van der Waals surface area contributed by atoms with Crippen molar-refractivity contribution >= 4 is 62.3 Å². The van der Waals surface area contributed by atoms with E-state index in [-0.39, 0.29) is 29.2 Å². The molecule has 2 unspecified atom stereocenters. The maximum atomic E-state index is 13.7. The Labute approximate surface area is 222 Å². The molecule has 0 aromatic heterocycles. The van der Waals surface area contributed by atoms with Crippen LogP contribution in [0.3, 0.4) is 0 Å². The van der Waals surface area contributed by atoms with Gasteiger partial charge in [0.15, 0.2) is 0 Å². The summed E-state index contributed by atoms with van der Waals surface area (Å²) in [7, 11) is -3.89. The van der Waals surface area contributed by atoms with Crippen LogP contribution in [-0.4, -0.2) is 50.0 Å². The van der Waals surface area contributed by atoms with Gasteiger partial charge in [0.25, 0.3) is 0 Å². The Balaban J connectivity index is 2.52. The summed E-state index contributed by atoms with van der Waals surface area (Å²) >= 11 is 19.0. The number of hydrogen-bond acceptors (Lipinski definition) is 4. The zero-order valence-corrected chi connectivity index (χ0v) is 23.2. The number of nitrogens with zero attached hydrogens (tertiary/aromatic N) is 2. The SMILES string of the molecule is CCC(C)NC(=O)C(CC)N(Cc1c(Cl)cccc1Cl)C(=O)CN(c1ccccc1Cl)S(C)(=O)=O. The van der Waals surface area contributed by atoms with Crippen LogP contribution in [0.5, 0.6) is 0 Å². The van der Waals surface area contributed by atoms with E-state index < -0.39 is 28.5 Å². The number of carbonyl (C=O) groups is 2. The monoisotopic (exact) mass is 561 g/mol. The highest BCUT2D eigenvalue weighted by atomic mass is 35.5. The van der Waals surface area contributed by atoms with Crippen molar-refractivity contribution in [3.05, 3.63) is 63.1 Å². The number of anilines is 1. The number of halogens is 3. The molecule has 2 aromatic rings. The second-order valence-electron chi connectivity index (χ2n) is 8.18. The minimum absolute atomic E-state index is 0.0795. The quantitative estimate of drug-likeness (QED) is 0.411. The smallest absolute Gasteiger partial charge is 0.244 e. The Bertz CT molecular complexity index is 1140. The molecule has 0 heterocycles. The minimum Gasteiger partial charge on any atom is -0.352 e. The predicted molar refractivity (Wildman–Crippen MR) is 143 cm³/mol. The lowest BCUT2D eigenvalue weighted by Crippen LogP contribution is -2.53. The van der Waals surface area contributed by atoms with Crippen LogP contribution < -0.4 is 9.62 Å². The molecular weight excluding hydrogens is 533 g/mol. The van der Waals surface area contributed by atoms with Gasteiger partial charge in [-0.05, 0) is 44.0 Å². The molecule has 0 saturated heterocycles. The standard InChI is InChI=1S/C24H30Cl3N3O4S/c1-5-16(3)28-24(32)21(6-2)29(14-17-18(25)11-9-12-19(17)26)23(31)15-30(35(4,33)34)22-13-8-7-10-20(22)27/h7-13,16,21H,5-6,14-15H2,1-4H3,(H,28,32). The average molecular weight is 563 g/mol. The van der Waals surface area contributed by atoms with Crippen molar-refractivity contribution in [2.24, 2.45) is 0 Å². The summed E-state index contributed by atoms with van der Waals surface area (Å²) in [6.45, 7) is 4.94. The lowest BCUT2D eigenvalue weighted by Gasteiger charge is -2.34. The van der Waals surface area contributed by atoms with E-state index in [1.54, 1.807) is 37.3 Å². The van der Waals surface area contributed by atoms with Crippen LogP contribution >= 0.6 is 34.8 Å². The van der Waals surface area contributed by atoms with Crippen molar-refractivity contribution in [2.45, 2.75) is 52.2 Å². The maximum absolute atomic E-state index is 13.7. The first kappa shape index (κ1) is 29.2. The third-order valence-corrected chi connectivity index (χ3v) is 7.73. The molecule has 35 heavy (non-hydrogen) atoms. The molecule has 7 nitrogen and oxygen atoms in total. The summed E-state index contributed by atoms with van der Waals surface area (Å²) in [6.07, 6.45) is 1.99. The molecule has 0 aliphatic heterocycles. The molecule has 0 aliphatic carbocycles. The van der Waals surface area contributed by atoms with Gasteiger partial charge < -0.3 is 10.2 Å². The average Bonchev–Trinajstić information content (AvgIpc) is 2.78. The van der Waals surface area contributed by atoms with Crippen molar-refractivity contribution in [1.82, 2.24) is 10.2 Å². The number of sulfonamides is 1. The Morgan fingerprint density at radius 1 is 0.943 bits per heavy atom. The van der Waals surface area contributed by atoms with Crippen LogP contribution in [-0.2, 0) is 26.2 Å².